The van der Waals surface area contributed by atoms with Gasteiger partial charge in [-0.15, -0.1) is 0 Å². The van der Waals surface area contributed by atoms with Gasteiger partial charge in [0.25, 0.3) is 0 Å². The predicted octanol–water partition coefficient (Wildman–Crippen LogP) is 4.15. The summed E-state index contributed by atoms with van der Waals surface area (Å²) in [5.74, 6) is -0.277. The van der Waals surface area contributed by atoms with Crippen molar-refractivity contribution in [1.29, 1.82) is 0 Å². The highest BCUT2D eigenvalue weighted by Gasteiger charge is 2.51. The Morgan fingerprint density at radius 2 is 1.77 bits per heavy atom. The number of carbonyl (C=O) groups excluding carboxylic acids is 2. The van der Waals surface area contributed by atoms with Crippen LogP contribution in [0.3, 0.4) is 0 Å². The molecular weight excluding hydrogens is 378 g/mol. The number of benzene rings is 2. The van der Waals surface area contributed by atoms with Gasteiger partial charge in [0.05, 0.1) is 5.92 Å². The van der Waals surface area contributed by atoms with Crippen molar-refractivity contribution in [2.24, 2.45) is 11.3 Å². The Labute approximate surface area is 177 Å². The first-order valence-corrected chi connectivity index (χ1v) is 10.7. The zero-order chi connectivity index (χ0) is 21.0. The van der Waals surface area contributed by atoms with Gasteiger partial charge >= 0.3 is 6.03 Å². The summed E-state index contributed by atoms with van der Waals surface area (Å²) in [4.78, 5) is 28.0. The normalized spacial score (nSPS) is 20.2. The van der Waals surface area contributed by atoms with E-state index in [0.717, 1.165) is 30.6 Å². The molecule has 0 saturated carbocycles. The van der Waals surface area contributed by atoms with Gasteiger partial charge in [0, 0.05) is 43.1 Å². The minimum Gasteiger partial charge on any atom is -0.381 e. The molecule has 2 aliphatic heterocycles. The summed E-state index contributed by atoms with van der Waals surface area (Å²) in [5, 5.41) is 6.06. The molecule has 2 aromatic carbocycles. The zero-order valence-electron chi connectivity index (χ0n) is 17.4. The summed E-state index contributed by atoms with van der Waals surface area (Å²) in [7, 11) is 0. The number of rotatable bonds is 4. The fourth-order valence-corrected chi connectivity index (χ4v) is 4.59. The number of nitrogens with zero attached hydrogens (tertiary/aromatic N) is 1. The third-order valence-electron chi connectivity index (χ3n) is 6.37. The molecule has 6 nitrogen and oxygen atoms in total. The second-order valence-corrected chi connectivity index (χ2v) is 8.25. The SMILES string of the molecule is CCc1cccc(NC(=O)N2C[C@@H](C(=O)Nc3ccccc3)C3(CCOCC3)C2)c1. The first-order valence-electron chi connectivity index (χ1n) is 10.7. The Balaban J connectivity index is 1.50. The van der Waals surface area contributed by atoms with E-state index in [2.05, 4.69) is 17.6 Å². The fourth-order valence-electron chi connectivity index (χ4n) is 4.59. The predicted molar refractivity (Wildman–Crippen MR) is 117 cm³/mol. The fraction of sp³-hybridized carbons (Fsp3) is 0.417. The molecule has 0 aliphatic carbocycles. The Kier molecular flexibility index (Phi) is 6.04. The highest BCUT2D eigenvalue weighted by atomic mass is 16.5. The van der Waals surface area contributed by atoms with E-state index in [1.54, 1.807) is 4.90 Å². The van der Waals surface area contributed by atoms with Gasteiger partial charge in [0.15, 0.2) is 0 Å². The molecule has 0 aromatic heterocycles. The third kappa shape index (κ3) is 4.33. The first kappa shape index (κ1) is 20.4. The van der Waals surface area contributed by atoms with Gasteiger partial charge in [-0.2, -0.15) is 0 Å². The van der Waals surface area contributed by atoms with Crippen molar-refractivity contribution in [2.45, 2.75) is 26.2 Å². The van der Waals surface area contributed by atoms with Crippen LogP contribution in [0.25, 0.3) is 0 Å². The number of amides is 3. The lowest BCUT2D eigenvalue weighted by molar-refractivity contribution is -0.124. The molecule has 2 N–H and O–H groups in total. The molecule has 2 heterocycles. The average Bonchev–Trinajstić information content (AvgIpc) is 3.14. The second-order valence-electron chi connectivity index (χ2n) is 8.25. The molecule has 2 aliphatic rings. The van der Waals surface area contributed by atoms with Crippen LogP contribution in [0.5, 0.6) is 0 Å². The van der Waals surface area contributed by atoms with Crippen LogP contribution in [0, 0.1) is 11.3 Å². The van der Waals surface area contributed by atoms with Gasteiger partial charge in [-0.1, -0.05) is 37.3 Å². The maximum absolute atomic E-state index is 13.2. The molecule has 6 heteroatoms. The molecule has 30 heavy (non-hydrogen) atoms. The third-order valence-corrected chi connectivity index (χ3v) is 6.37. The van der Waals surface area contributed by atoms with Crippen LogP contribution < -0.4 is 10.6 Å². The Hall–Kier alpha value is -2.86. The van der Waals surface area contributed by atoms with E-state index in [1.807, 2.05) is 54.6 Å². The number of carbonyl (C=O) groups is 2. The number of nitrogens with one attached hydrogen (secondary N) is 2. The van der Waals surface area contributed by atoms with Gasteiger partial charge in [-0.25, -0.2) is 4.79 Å². The van der Waals surface area contributed by atoms with Gasteiger partial charge in [0.2, 0.25) is 5.91 Å². The second kappa shape index (κ2) is 8.88. The first-order chi connectivity index (χ1) is 14.6. The summed E-state index contributed by atoms with van der Waals surface area (Å²) in [6.07, 6.45) is 2.49. The van der Waals surface area contributed by atoms with Crippen LogP contribution in [0.15, 0.2) is 54.6 Å². The van der Waals surface area contributed by atoms with Crippen LogP contribution in [0.1, 0.15) is 25.3 Å². The van der Waals surface area contributed by atoms with Crippen molar-refractivity contribution in [2.75, 3.05) is 36.9 Å². The Morgan fingerprint density at radius 1 is 1.03 bits per heavy atom. The number of ether oxygens (including phenoxy) is 1. The summed E-state index contributed by atoms with van der Waals surface area (Å²) in [5.41, 5.74) is 2.51. The molecule has 3 amide bonds. The molecule has 0 radical (unpaired) electrons. The summed E-state index contributed by atoms with van der Waals surface area (Å²) in [6, 6.07) is 17.2. The number of para-hydroxylation sites is 1. The lowest BCUT2D eigenvalue weighted by Crippen LogP contribution is -2.42. The molecule has 0 unspecified atom stereocenters. The molecule has 2 saturated heterocycles. The van der Waals surface area contributed by atoms with Crippen LogP contribution in [0.4, 0.5) is 16.2 Å². The molecular formula is C24H29N3O3. The number of hydrogen-bond donors (Lipinski definition) is 2. The number of likely N-dealkylation sites (tertiary alicyclic amines) is 1. The largest absolute Gasteiger partial charge is 0.381 e. The number of urea groups is 1. The standard InChI is InChI=1S/C24H29N3O3/c1-2-18-7-6-10-20(15-18)26-23(29)27-16-21(24(17-27)11-13-30-14-12-24)22(28)25-19-8-4-3-5-9-19/h3-10,15,21H,2,11-14,16-17H2,1H3,(H,25,28)(H,26,29)/t21-/m0/s1. The topological polar surface area (TPSA) is 70.7 Å². The van der Waals surface area contributed by atoms with E-state index in [-0.39, 0.29) is 23.3 Å². The van der Waals surface area contributed by atoms with Crippen molar-refractivity contribution in [1.82, 2.24) is 4.90 Å². The van der Waals surface area contributed by atoms with Crippen molar-refractivity contribution in [3.05, 3.63) is 60.2 Å². The van der Waals surface area contributed by atoms with E-state index in [1.165, 1.54) is 5.56 Å². The maximum Gasteiger partial charge on any atom is 0.321 e. The zero-order valence-corrected chi connectivity index (χ0v) is 17.4. The monoisotopic (exact) mass is 407 g/mol. The van der Waals surface area contributed by atoms with Crippen LogP contribution in [0.2, 0.25) is 0 Å². The van der Waals surface area contributed by atoms with Gasteiger partial charge in [0.1, 0.15) is 0 Å². The van der Waals surface area contributed by atoms with E-state index in [4.69, 9.17) is 4.74 Å². The maximum atomic E-state index is 13.2. The van der Waals surface area contributed by atoms with Crippen molar-refractivity contribution < 1.29 is 14.3 Å². The van der Waals surface area contributed by atoms with Crippen molar-refractivity contribution in [3.63, 3.8) is 0 Å². The summed E-state index contributed by atoms with van der Waals surface area (Å²) >= 11 is 0. The lowest BCUT2D eigenvalue weighted by atomic mass is 9.71. The molecule has 4 rings (SSSR count). The number of aryl methyl sites for hydroxylation is 1. The Morgan fingerprint density at radius 3 is 2.50 bits per heavy atom. The number of hydrogen-bond acceptors (Lipinski definition) is 3. The van der Waals surface area contributed by atoms with Gasteiger partial charge < -0.3 is 20.3 Å². The van der Waals surface area contributed by atoms with Crippen molar-refractivity contribution in [3.8, 4) is 0 Å². The molecule has 2 fully saturated rings. The smallest absolute Gasteiger partial charge is 0.321 e. The van der Waals surface area contributed by atoms with Crippen LogP contribution >= 0.6 is 0 Å². The van der Waals surface area contributed by atoms with Gasteiger partial charge in [-0.05, 0) is 49.1 Å². The quantitative estimate of drug-likeness (QED) is 0.800. The molecule has 158 valence electrons. The molecule has 2 aromatic rings. The van der Waals surface area contributed by atoms with Gasteiger partial charge in [-0.3, -0.25) is 4.79 Å². The summed E-state index contributed by atoms with van der Waals surface area (Å²) < 4.78 is 5.57. The van der Waals surface area contributed by atoms with E-state index >= 15 is 0 Å². The highest BCUT2D eigenvalue weighted by molar-refractivity contribution is 5.95. The van der Waals surface area contributed by atoms with E-state index in [0.29, 0.717) is 26.3 Å². The Bertz CT molecular complexity index is 894. The highest BCUT2D eigenvalue weighted by Crippen LogP contribution is 2.45. The lowest BCUT2D eigenvalue weighted by Gasteiger charge is -2.37. The van der Waals surface area contributed by atoms with E-state index in [9.17, 15) is 9.59 Å². The van der Waals surface area contributed by atoms with Crippen LogP contribution in [-0.2, 0) is 16.0 Å². The molecule has 0 bridgehead atoms. The molecule has 1 spiro atoms. The summed E-state index contributed by atoms with van der Waals surface area (Å²) in [6.45, 7) is 4.33. The van der Waals surface area contributed by atoms with Crippen molar-refractivity contribution >= 4 is 23.3 Å². The average molecular weight is 408 g/mol. The van der Waals surface area contributed by atoms with E-state index < -0.39 is 0 Å². The molecule has 1 atom stereocenters. The number of anilines is 2. The minimum absolute atomic E-state index is 0.0219. The van der Waals surface area contributed by atoms with Crippen LogP contribution in [-0.4, -0.2) is 43.1 Å². The minimum atomic E-state index is -0.255.